The second-order valence-corrected chi connectivity index (χ2v) is 6.24. The van der Waals surface area contributed by atoms with Crippen LogP contribution in [-0.2, 0) is 0 Å². The third-order valence-electron chi connectivity index (χ3n) is 4.31. The van der Waals surface area contributed by atoms with E-state index < -0.39 is 0 Å². The molecule has 118 valence electrons. The number of hydrogen-bond donors (Lipinski definition) is 2. The number of rotatable bonds is 6. The molecule has 1 heterocycles. The quantitative estimate of drug-likeness (QED) is 0.846. The standard InChI is InChI=1S/C17H27FN2O/c1-13(21)12-20-9-7-15(8-10-20)11-19-14(2)16-5-3-4-6-17(16)18/h3-6,13-15,19,21H,7-12H2,1-2H3/t13-,14+/m1/s1. The summed E-state index contributed by atoms with van der Waals surface area (Å²) in [6, 6.07) is 7.01. The van der Waals surface area contributed by atoms with Gasteiger partial charge < -0.3 is 15.3 Å². The summed E-state index contributed by atoms with van der Waals surface area (Å²) in [4.78, 5) is 2.32. The maximum atomic E-state index is 13.7. The molecule has 0 bridgehead atoms. The van der Waals surface area contributed by atoms with Crippen molar-refractivity contribution in [2.45, 2.75) is 38.8 Å². The number of nitrogens with one attached hydrogen (secondary N) is 1. The van der Waals surface area contributed by atoms with Gasteiger partial charge in [-0.25, -0.2) is 4.39 Å². The summed E-state index contributed by atoms with van der Waals surface area (Å²) < 4.78 is 13.7. The van der Waals surface area contributed by atoms with Crippen LogP contribution in [0.3, 0.4) is 0 Å². The summed E-state index contributed by atoms with van der Waals surface area (Å²) in [5, 5.41) is 12.9. The van der Waals surface area contributed by atoms with Crippen molar-refractivity contribution in [1.82, 2.24) is 10.2 Å². The lowest BCUT2D eigenvalue weighted by atomic mass is 9.96. The molecule has 1 aromatic carbocycles. The average Bonchev–Trinajstić information content (AvgIpc) is 2.46. The smallest absolute Gasteiger partial charge is 0.127 e. The van der Waals surface area contributed by atoms with Gasteiger partial charge in [-0.05, 0) is 58.3 Å². The minimum atomic E-state index is -0.249. The molecule has 0 aromatic heterocycles. The highest BCUT2D eigenvalue weighted by molar-refractivity contribution is 5.20. The molecule has 1 aromatic rings. The van der Waals surface area contributed by atoms with E-state index >= 15 is 0 Å². The predicted octanol–water partition coefficient (Wildman–Crippen LogP) is 2.57. The Labute approximate surface area is 127 Å². The molecule has 0 saturated carbocycles. The lowest BCUT2D eigenvalue weighted by Gasteiger charge is -2.33. The minimum absolute atomic E-state index is 0.0432. The minimum Gasteiger partial charge on any atom is -0.392 e. The summed E-state index contributed by atoms with van der Waals surface area (Å²) in [6.45, 7) is 7.64. The third-order valence-corrected chi connectivity index (χ3v) is 4.31. The maximum absolute atomic E-state index is 13.7. The zero-order chi connectivity index (χ0) is 15.2. The van der Waals surface area contributed by atoms with Crippen molar-refractivity contribution in [2.75, 3.05) is 26.2 Å². The summed E-state index contributed by atoms with van der Waals surface area (Å²) in [5.74, 6) is 0.508. The van der Waals surface area contributed by atoms with E-state index in [0.717, 1.165) is 44.6 Å². The monoisotopic (exact) mass is 294 g/mol. The van der Waals surface area contributed by atoms with Crippen LogP contribution in [-0.4, -0.2) is 42.3 Å². The Balaban J connectivity index is 1.73. The summed E-state index contributed by atoms with van der Waals surface area (Å²) in [6.07, 6.45) is 2.04. The normalized spacial score (nSPS) is 20.4. The van der Waals surface area contributed by atoms with Crippen LogP contribution >= 0.6 is 0 Å². The Morgan fingerprint density at radius 2 is 1.95 bits per heavy atom. The first-order chi connectivity index (χ1) is 10.1. The fourth-order valence-electron chi connectivity index (χ4n) is 3.03. The van der Waals surface area contributed by atoms with Gasteiger partial charge in [0.05, 0.1) is 6.10 Å². The van der Waals surface area contributed by atoms with E-state index in [2.05, 4.69) is 10.2 Å². The van der Waals surface area contributed by atoms with Crippen LogP contribution < -0.4 is 5.32 Å². The Kier molecular flexibility index (Phi) is 6.15. The summed E-state index contributed by atoms with van der Waals surface area (Å²) in [5.41, 5.74) is 0.740. The second-order valence-electron chi connectivity index (χ2n) is 6.24. The van der Waals surface area contributed by atoms with Gasteiger partial charge in [-0.15, -0.1) is 0 Å². The number of aliphatic hydroxyl groups excluding tert-OH is 1. The van der Waals surface area contributed by atoms with E-state index in [1.165, 1.54) is 6.07 Å². The molecule has 1 aliphatic heterocycles. The van der Waals surface area contributed by atoms with E-state index in [1.807, 2.05) is 26.0 Å². The van der Waals surface area contributed by atoms with E-state index in [4.69, 9.17) is 0 Å². The number of nitrogens with zero attached hydrogens (tertiary/aromatic N) is 1. The van der Waals surface area contributed by atoms with Crippen molar-refractivity contribution in [3.8, 4) is 0 Å². The molecule has 2 atom stereocenters. The molecule has 2 rings (SSSR count). The van der Waals surface area contributed by atoms with Crippen LogP contribution in [0.4, 0.5) is 4.39 Å². The van der Waals surface area contributed by atoms with E-state index in [-0.39, 0.29) is 18.0 Å². The lowest BCUT2D eigenvalue weighted by molar-refractivity contribution is 0.0994. The first-order valence-corrected chi connectivity index (χ1v) is 7.94. The largest absolute Gasteiger partial charge is 0.392 e. The highest BCUT2D eigenvalue weighted by Crippen LogP contribution is 2.20. The van der Waals surface area contributed by atoms with E-state index in [9.17, 15) is 9.50 Å². The predicted molar refractivity (Wildman–Crippen MR) is 83.7 cm³/mol. The van der Waals surface area contributed by atoms with Gasteiger partial charge in [-0.3, -0.25) is 0 Å². The van der Waals surface area contributed by atoms with Crippen molar-refractivity contribution in [3.63, 3.8) is 0 Å². The van der Waals surface area contributed by atoms with Crippen LogP contribution in [0.5, 0.6) is 0 Å². The molecule has 0 spiro atoms. The molecule has 2 N–H and O–H groups in total. The van der Waals surface area contributed by atoms with Crippen LogP contribution in [0.2, 0.25) is 0 Å². The van der Waals surface area contributed by atoms with Gasteiger partial charge in [0.15, 0.2) is 0 Å². The van der Waals surface area contributed by atoms with Gasteiger partial charge in [0, 0.05) is 18.2 Å². The Hall–Kier alpha value is -0.970. The molecular formula is C17H27FN2O. The third kappa shape index (κ3) is 5.06. The fraction of sp³-hybridized carbons (Fsp3) is 0.647. The summed E-state index contributed by atoms with van der Waals surface area (Å²) >= 11 is 0. The van der Waals surface area contributed by atoms with Crippen LogP contribution in [0.25, 0.3) is 0 Å². The molecular weight excluding hydrogens is 267 g/mol. The molecule has 21 heavy (non-hydrogen) atoms. The highest BCUT2D eigenvalue weighted by Gasteiger charge is 2.20. The number of halogens is 1. The van der Waals surface area contributed by atoms with Gasteiger partial charge in [-0.1, -0.05) is 18.2 Å². The fourth-order valence-corrected chi connectivity index (χ4v) is 3.03. The number of likely N-dealkylation sites (tertiary alicyclic amines) is 1. The van der Waals surface area contributed by atoms with Gasteiger partial charge >= 0.3 is 0 Å². The lowest BCUT2D eigenvalue weighted by Crippen LogP contribution is -2.40. The number of hydrogen-bond acceptors (Lipinski definition) is 3. The number of piperidine rings is 1. The van der Waals surface area contributed by atoms with Gasteiger partial charge in [0.1, 0.15) is 5.82 Å². The number of aliphatic hydroxyl groups is 1. The zero-order valence-corrected chi connectivity index (χ0v) is 13.1. The number of benzene rings is 1. The first-order valence-electron chi connectivity index (χ1n) is 7.94. The Bertz CT molecular complexity index is 431. The maximum Gasteiger partial charge on any atom is 0.127 e. The zero-order valence-electron chi connectivity index (χ0n) is 13.1. The first kappa shape index (κ1) is 16.4. The molecule has 1 saturated heterocycles. The molecule has 0 unspecified atom stereocenters. The van der Waals surface area contributed by atoms with Crippen molar-refractivity contribution < 1.29 is 9.50 Å². The van der Waals surface area contributed by atoms with Crippen LogP contribution in [0, 0.1) is 11.7 Å². The molecule has 0 radical (unpaired) electrons. The Morgan fingerprint density at radius 3 is 2.57 bits per heavy atom. The topological polar surface area (TPSA) is 35.5 Å². The van der Waals surface area contributed by atoms with Gasteiger partial charge in [0.2, 0.25) is 0 Å². The van der Waals surface area contributed by atoms with Crippen LogP contribution in [0.1, 0.15) is 38.3 Å². The summed E-state index contributed by atoms with van der Waals surface area (Å²) in [7, 11) is 0. The Morgan fingerprint density at radius 1 is 1.29 bits per heavy atom. The van der Waals surface area contributed by atoms with E-state index in [0.29, 0.717) is 5.92 Å². The average molecular weight is 294 g/mol. The molecule has 3 nitrogen and oxygen atoms in total. The van der Waals surface area contributed by atoms with Gasteiger partial charge in [-0.2, -0.15) is 0 Å². The van der Waals surface area contributed by atoms with Crippen molar-refractivity contribution in [2.24, 2.45) is 5.92 Å². The second kappa shape index (κ2) is 7.87. The molecule has 1 fully saturated rings. The highest BCUT2D eigenvalue weighted by atomic mass is 19.1. The molecule has 0 amide bonds. The molecule has 4 heteroatoms. The van der Waals surface area contributed by atoms with E-state index in [1.54, 1.807) is 6.07 Å². The van der Waals surface area contributed by atoms with Crippen molar-refractivity contribution >= 4 is 0 Å². The van der Waals surface area contributed by atoms with Crippen molar-refractivity contribution in [1.29, 1.82) is 0 Å². The SMILES string of the molecule is C[C@H](NCC1CCN(C[C@@H](C)O)CC1)c1ccccc1F. The van der Waals surface area contributed by atoms with Crippen molar-refractivity contribution in [3.05, 3.63) is 35.6 Å². The number of β-amino-alcohol motifs (C(OH)–C–C–N with tert-alkyl or cyclic N) is 1. The molecule has 1 aliphatic rings. The van der Waals surface area contributed by atoms with Crippen LogP contribution in [0.15, 0.2) is 24.3 Å². The molecule has 0 aliphatic carbocycles. The van der Waals surface area contributed by atoms with Gasteiger partial charge in [0.25, 0.3) is 0 Å².